The standard InChI is InChI=1S/C12H15N3O/c1-10-8-12(3-2-11(10)9-13)14-15-4-6-16-7-5-15/h2-3,8,14H,4-7H2,1H3. The monoisotopic (exact) mass is 217 g/mol. The molecule has 1 heterocycles. The van der Waals surface area contributed by atoms with E-state index in [2.05, 4.69) is 16.5 Å². The Kier molecular flexibility index (Phi) is 3.40. The molecule has 16 heavy (non-hydrogen) atoms. The lowest BCUT2D eigenvalue weighted by molar-refractivity contribution is 0.0497. The molecule has 0 atom stereocenters. The zero-order chi connectivity index (χ0) is 11.4. The Morgan fingerprint density at radius 2 is 2.12 bits per heavy atom. The summed E-state index contributed by atoms with van der Waals surface area (Å²) in [5, 5.41) is 11.0. The van der Waals surface area contributed by atoms with Crippen molar-refractivity contribution in [2.75, 3.05) is 31.7 Å². The average molecular weight is 217 g/mol. The van der Waals surface area contributed by atoms with Crippen molar-refractivity contribution in [3.8, 4) is 6.07 Å². The Morgan fingerprint density at radius 1 is 1.38 bits per heavy atom. The van der Waals surface area contributed by atoms with Gasteiger partial charge in [0.15, 0.2) is 0 Å². The molecular weight excluding hydrogens is 202 g/mol. The van der Waals surface area contributed by atoms with Crippen LogP contribution in [0.4, 0.5) is 5.69 Å². The number of hydrazine groups is 1. The molecule has 1 aliphatic heterocycles. The van der Waals surface area contributed by atoms with Gasteiger partial charge in [-0.05, 0) is 30.7 Å². The number of morpholine rings is 1. The van der Waals surface area contributed by atoms with Crippen LogP contribution in [0.25, 0.3) is 0 Å². The highest BCUT2D eigenvalue weighted by atomic mass is 16.5. The predicted molar refractivity (Wildman–Crippen MR) is 61.9 cm³/mol. The summed E-state index contributed by atoms with van der Waals surface area (Å²) in [6.45, 7) is 5.26. The van der Waals surface area contributed by atoms with E-state index < -0.39 is 0 Å². The maximum Gasteiger partial charge on any atom is 0.0994 e. The van der Waals surface area contributed by atoms with E-state index in [1.807, 2.05) is 25.1 Å². The first-order chi connectivity index (χ1) is 7.79. The molecule has 1 aliphatic rings. The van der Waals surface area contributed by atoms with Gasteiger partial charge in [-0.25, -0.2) is 5.01 Å². The quantitative estimate of drug-likeness (QED) is 0.816. The topological polar surface area (TPSA) is 48.3 Å². The molecule has 1 aromatic carbocycles. The maximum atomic E-state index is 8.83. The summed E-state index contributed by atoms with van der Waals surface area (Å²) in [6.07, 6.45) is 0. The maximum absolute atomic E-state index is 8.83. The molecule has 1 fully saturated rings. The predicted octanol–water partition coefficient (Wildman–Crippen LogP) is 1.53. The molecule has 1 N–H and O–H groups in total. The number of ether oxygens (including phenoxy) is 1. The highest BCUT2D eigenvalue weighted by Gasteiger charge is 2.10. The van der Waals surface area contributed by atoms with Gasteiger partial charge in [0.2, 0.25) is 0 Å². The molecule has 84 valence electrons. The van der Waals surface area contributed by atoms with Crippen LogP contribution in [-0.4, -0.2) is 31.3 Å². The fourth-order valence-electron chi connectivity index (χ4n) is 1.72. The van der Waals surface area contributed by atoms with Crippen molar-refractivity contribution in [3.05, 3.63) is 29.3 Å². The fraction of sp³-hybridized carbons (Fsp3) is 0.417. The number of nitrogens with one attached hydrogen (secondary N) is 1. The molecule has 2 rings (SSSR count). The second-order valence-corrected chi connectivity index (χ2v) is 3.85. The molecule has 0 unspecified atom stereocenters. The highest BCUT2D eigenvalue weighted by Crippen LogP contribution is 2.15. The Bertz CT molecular complexity index is 405. The number of hydrogen-bond donors (Lipinski definition) is 1. The van der Waals surface area contributed by atoms with Gasteiger partial charge in [-0.1, -0.05) is 0 Å². The van der Waals surface area contributed by atoms with Gasteiger partial charge in [-0.2, -0.15) is 5.26 Å². The Labute approximate surface area is 95.4 Å². The number of nitriles is 1. The fourth-order valence-corrected chi connectivity index (χ4v) is 1.72. The van der Waals surface area contributed by atoms with Crippen LogP contribution in [0.3, 0.4) is 0 Å². The van der Waals surface area contributed by atoms with Crippen molar-refractivity contribution in [2.45, 2.75) is 6.92 Å². The number of anilines is 1. The van der Waals surface area contributed by atoms with Crippen LogP contribution in [0.5, 0.6) is 0 Å². The molecule has 1 aromatic rings. The molecule has 0 spiro atoms. The molecular formula is C12H15N3O. The molecule has 4 nitrogen and oxygen atoms in total. The lowest BCUT2D eigenvalue weighted by Gasteiger charge is -2.28. The summed E-state index contributed by atoms with van der Waals surface area (Å²) in [7, 11) is 0. The summed E-state index contributed by atoms with van der Waals surface area (Å²) in [5.74, 6) is 0. The van der Waals surface area contributed by atoms with Crippen molar-refractivity contribution in [1.82, 2.24) is 5.01 Å². The second-order valence-electron chi connectivity index (χ2n) is 3.85. The minimum atomic E-state index is 0.729. The van der Waals surface area contributed by atoms with E-state index >= 15 is 0 Å². The van der Waals surface area contributed by atoms with Crippen molar-refractivity contribution in [3.63, 3.8) is 0 Å². The number of rotatable bonds is 2. The van der Waals surface area contributed by atoms with Gasteiger partial charge in [0.25, 0.3) is 0 Å². The Morgan fingerprint density at radius 3 is 2.75 bits per heavy atom. The van der Waals surface area contributed by atoms with Gasteiger partial charge in [0.05, 0.1) is 24.8 Å². The van der Waals surface area contributed by atoms with E-state index in [9.17, 15) is 0 Å². The van der Waals surface area contributed by atoms with Gasteiger partial charge < -0.3 is 10.2 Å². The molecule has 0 radical (unpaired) electrons. The van der Waals surface area contributed by atoms with E-state index in [4.69, 9.17) is 10.00 Å². The van der Waals surface area contributed by atoms with Gasteiger partial charge in [0.1, 0.15) is 0 Å². The normalized spacial score (nSPS) is 16.8. The number of hydrogen-bond acceptors (Lipinski definition) is 4. The Balaban J connectivity index is 2.04. The van der Waals surface area contributed by atoms with Gasteiger partial charge >= 0.3 is 0 Å². The molecule has 1 saturated heterocycles. The first kappa shape index (κ1) is 10.9. The first-order valence-corrected chi connectivity index (χ1v) is 5.40. The van der Waals surface area contributed by atoms with E-state index in [1.165, 1.54) is 0 Å². The summed E-state index contributed by atoms with van der Waals surface area (Å²) in [6, 6.07) is 7.94. The zero-order valence-corrected chi connectivity index (χ0v) is 9.36. The summed E-state index contributed by atoms with van der Waals surface area (Å²) in [5.41, 5.74) is 6.07. The average Bonchev–Trinajstić information content (AvgIpc) is 2.31. The number of aryl methyl sites for hydroxylation is 1. The molecule has 0 aromatic heterocycles. The van der Waals surface area contributed by atoms with Crippen LogP contribution in [-0.2, 0) is 4.74 Å². The van der Waals surface area contributed by atoms with Gasteiger partial charge in [-0.3, -0.25) is 0 Å². The van der Waals surface area contributed by atoms with E-state index in [-0.39, 0.29) is 0 Å². The highest BCUT2D eigenvalue weighted by molar-refractivity contribution is 5.51. The number of benzene rings is 1. The smallest absolute Gasteiger partial charge is 0.0994 e. The number of nitrogens with zero attached hydrogens (tertiary/aromatic N) is 2. The van der Waals surface area contributed by atoms with Crippen molar-refractivity contribution in [2.24, 2.45) is 0 Å². The summed E-state index contributed by atoms with van der Waals surface area (Å²) >= 11 is 0. The minimum absolute atomic E-state index is 0.729. The lowest BCUT2D eigenvalue weighted by Crippen LogP contribution is -2.40. The van der Waals surface area contributed by atoms with Crippen molar-refractivity contribution < 1.29 is 4.74 Å². The van der Waals surface area contributed by atoms with Gasteiger partial charge in [-0.15, -0.1) is 0 Å². The SMILES string of the molecule is Cc1cc(NN2CCOCC2)ccc1C#N. The summed E-state index contributed by atoms with van der Waals surface area (Å²) < 4.78 is 5.27. The van der Waals surface area contributed by atoms with Crippen LogP contribution in [0.1, 0.15) is 11.1 Å². The van der Waals surface area contributed by atoms with Crippen LogP contribution in [0.15, 0.2) is 18.2 Å². The third-order valence-corrected chi connectivity index (χ3v) is 2.65. The van der Waals surface area contributed by atoms with Crippen LogP contribution < -0.4 is 5.43 Å². The second kappa shape index (κ2) is 4.97. The van der Waals surface area contributed by atoms with E-state index in [0.29, 0.717) is 0 Å². The van der Waals surface area contributed by atoms with Crippen molar-refractivity contribution in [1.29, 1.82) is 5.26 Å². The lowest BCUT2D eigenvalue weighted by atomic mass is 10.1. The zero-order valence-electron chi connectivity index (χ0n) is 9.36. The molecule has 0 saturated carbocycles. The molecule has 0 amide bonds. The van der Waals surface area contributed by atoms with E-state index in [0.717, 1.165) is 43.1 Å². The van der Waals surface area contributed by atoms with Crippen LogP contribution in [0.2, 0.25) is 0 Å². The minimum Gasteiger partial charge on any atom is -0.379 e. The van der Waals surface area contributed by atoms with Crippen molar-refractivity contribution >= 4 is 5.69 Å². The third-order valence-electron chi connectivity index (χ3n) is 2.65. The first-order valence-electron chi connectivity index (χ1n) is 5.40. The van der Waals surface area contributed by atoms with Crippen LogP contribution >= 0.6 is 0 Å². The third kappa shape index (κ3) is 2.51. The molecule has 4 heteroatoms. The Hall–Kier alpha value is -1.57. The van der Waals surface area contributed by atoms with Crippen LogP contribution in [0, 0.1) is 18.3 Å². The van der Waals surface area contributed by atoms with E-state index in [1.54, 1.807) is 0 Å². The largest absolute Gasteiger partial charge is 0.379 e. The molecule has 0 aliphatic carbocycles. The summed E-state index contributed by atoms with van der Waals surface area (Å²) in [4.78, 5) is 0. The van der Waals surface area contributed by atoms with Gasteiger partial charge in [0, 0.05) is 18.8 Å². The molecule has 0 bridgehead atoms.